The number of benzene rings is 1. The van der Waals surface area contributed by atoms with Crippen molar-refractivity contribution >= 4 is 40.9 Å². The lowest BCUT2D eigenvalue weighted by atomic mass is 10.1. The van der Waals surface area contributed by atoms with Crippen molar-refractivity contribution in [2.24, 2.45) is 4.99 Å². The lowest BCUT2D eigenvalue weighted by Gasteiger charge is -2.37. The van der Waals surface area contributed by atoms with Crippen LogP contribution < -0.4 is 5.32 Å². The standard InChI is InChI=1S/C27H36N6OP2/c1-5-8-24(34-6-2)23-15-20(16-28-23)33-13-11-32(12-14-33)17-19(3)31-26-21-9-7-10-22(27(4,35)36)25(21)29-18-30-26/h2,7-10,16,18-19H,5,11-15,17,35-36H2,1,3-4H3,(H,29,30,31)/b24-8-/t19-/m0/s1. The number of rotatable bonds is 9. The summed E-state index contributed by atoms with van der Waals surface area (Å²) in [5.41, 5.74) is 4.30. The van der Waals surface area contributed by atoms with Crippen LogP contribution in [0.2, 0.25) is 0 Å². The number of hydrogen-bond donors (Lipinski definition) is 1. The lowest BCUT2D eigenvalue weighted by molar-refractivity contribution is 0.155. The second-order valence-electron chi connectivity index (χ2n) is 9.61. The Morgan fingerprint density at radius 2 is 2.06 bits per heavy atom. The summed E-state index contributed by atoms with van der Waals surface area (Å²) < 4.78 is 5.34. The first-order chi connectivity index (χ1) is 17.3. The number of anilines is 1. The number of terminal acetylenes is 1. The smallest absolute Gasteiger partial charge is 0.158 e. The van der Waals surface area contributed by atoms with E-state index in [9.17, 15) is 0 Å². The molecular formula is C27H36N6OP2. The van der Waals surface area contributed by atoms with Crippen LogP contribution in [0.25, 0.3) is 10.9 Å². The molecule has 1 N–H and O–H groups in total. The summed E-state index contributed by atoms with van der Waals surface area (Å²) in [5, 5.41) is 4.69. The van der Waals surface area contributed by atoms with Crippen molar-refractivity contribution in [1.29, 1.82) is 0 Å². The van der Waals surface area contributed by atoms with Crippen molar-refractivity contribution in [3.8, 4) is 12.5 Å². The minimum Gasteiger partial charge on any atom is -0.406 e. The average Bonchev–Trinajstić information content (AvgIpc) is 3.34. The van der Waals surface area contributed by atoms with Crippen LogP contribution in [-0.2, 0) is 9.63 Å². The number of nitrogens with zero attached hydrogens (tertiary/aromatic N) is 5. The van der Waals surface area contributed by atoms with E-state index in [0.29, 0.717) is 5.76 Å². The number of piperazine rings is 1. The molecule has 0 aliphatic carbocycles. The van der Waals surface area contributed by atoms with Gasteiger partial charge in [0.2, 0.25) is 0 Å². The molecule has 9 heteroatoms. The van der Waals surface area contributed by atoms with Crippen LogP contribution in [0.4, 0.5) is 5.82 Å². The summed E-state index contributed by atoms with van der Waals surface area (Å²) >= 11 is 0. The third-order valence-corrected chi connectivity index (χ3v) is 7.12. The Balaban J connectivity index is 1.31. The number of ether oxygens (including phenoxy) is 1. The molecule has 2 aliphatic rings. The van der Waals surface area contributed by atoms with Gasteiger partial charge in [-0.2, -0.15) is 0 Å². The number of fused-ring (bicyclic) bond motifs is 1. The molecule has 36 heavy (non-hydrogen) atoms. The van der Waals surface area contributed by atoms with Crippen molar-refractivity contribution in [3.63, 3.8) is 0 Å². The Kier molecular flexibility index (Phi) is 8.62. The summed E-state index contributed by atoms with van der Waals surface area (Å²) in [7, 11) is 5.76. The first kappa shape index (κ1) is 26.6. The van der Waals surface area contributed by atoms with E-state index in [2.05, 4.69) is 93.6 Å². The normalized spacial score (nSPS) is 18.0. The number of aromatic nitrogens is 2. The molecule has 2 unspecified atom stereocenters. The van der Waals surface area contributed by atoms with Gasteiger partial charge in [-0.15, -0.1) is 18.5 Å². The van der Waals surface area contributed by atoms with Crippen LogP contribution >= 0.6 is 18.5 Å². The van der Waals surface area contributed by atoms with Gasteiger partial charge in [0, 0.05) is 67.4 Å². The second-order valence-corrected chi connectivity index (χ2v) is 12.7. The largest absolute Gasteiger partial charge is 0.406 e. The summed E-state index contributed by atoms with van der Waals surface area (Å²) in [6.07, 6.45) is 14.8. The molecule has 3 atom stereocenters. The predicted molar refractivity (Wildman–Crippen MR) is 156 cm³/mol. The van der Waals surface area contributed by atoms with Gasteiger partial charge in [-0.05, 0) is 38.0 Å². The van der Waals surface area contributed by atoms with Crippen molar-refractivity contribution < 1.29 is 4.74 Å². The maximum Gasteiger partial charge on any atom is 0.158 e. The van der Waals surface area contributed by atoms with Crippen molar-refractivity contribution in [2.45, 2.75) is 44.6 Å². The van der Waals surface area contributed by atoms with Gasteiger partial charge in [-0.3, -0.25) is 9.89 Å². The number of aliphatic imine (C=N–C) groups is 1. The number of allylic oxidation sites excluding steroid dienone is 3. The fraction of sp³-hybridized carbons (Fsp3) is 0.444. The maximum atomic E-state index is 5.34. The molecule has 2 aromatic rings. The molecule has 1 aromatic carbocycles. The van der Waals surface area contributed by atoms with Crippen LogP contribution in [-0.4, -0.2) is 64.2 Å². The first-order valence-electron chi connectivity index (χ1n) is 12.4. The molecule has 0 saturated carbocycles. The Morgan fingerprint density at radius 1 is 1.28 bits per heavy atom. The van der Waals surface area contributed by atoms with Gasteiger partial charge in [-0.25, -0.2) is 9.97 Å². The van der Waals surface area contributed by atoms with Gasteiger partial charge >= 0.3 is 0 Å². The Labute approximate surface area is 219 Å². The van der Waals surface area contributed by atoms with Crippen LogP contribution in [0, 0.1) is 12.5 Å². The van der Waals surface area contributed by atoms with Gasteiger partial charge in [0.1, 0.15) is 18.3 Å². The predicted octanol–water partition coefficient (Wildman–Crippen LogP) is 4.56. The summed E-state index contributed by atoms with van der Waals surface area (Å²) in [4.78, 5) is 18.5. The van der Waals surface area contributed by atoms with E-state index in [1.165, 1.54) is 11.3 Å². The Morgan fingerprint density at radius 3 is 2.75 bits per heavy atom. The van der Waals surface area contributed by atoms with E-state index < -0.39 is 0 Å². The lowest BCUT2D eigenvalue weighted by Crippen LogP contribution is -2.48. The van der Waals surface area contributed by atoms with Crippen LogP contribution in [0.15, 0.2) is 53.3 Å². The van der Waals surface area contributed by atoms with Gasteiger partial charge in [0.25, 0.3) is 0 Å². The molecular weight excluding hydrogens is 486 g/mol. The molecule has 0 radical (unpaired) electrons. The molecule has 1 saturated heterocycles. The third-order valence-electron chi connectivity index (χ3n) is 6.50. The quantitative estimate of drug-likeness (QED) is 0.296. The van der Waals surface area contributed by atoms with E-state index in [1.807, 2.05) is 12.3 Å². The van der Waals surface area contributed by atoms with Gasteiger partial charge in [-0.1, -0.05) is 25.5 Å². The highest BCUT2D eigenvalue weighted by Crippen LogP contribution is 2.41. The monoisotopic (exact) mass is 522 g/mol. The van der Waals surface area contributed by atoms with Crippen molar-refractivity contribution in [2.75, 3.05) is 38.0 Å². The van der Waals surface area contributed by atoms with Crippen molar-refractivity contribution in [3.05, 3.63) is 53.8 Å². The van der Waals surface area contributed by atoms with Crippen LogP contribution in [0.3, 0.4) is 0 Å². The molecule has 0 amide bonds. The Hall–Kier alpha value is -2.51. The maximum absolute atomic E-state index is 5.34. The zero-order valence-corrected chi connectivity index (χ0v) is 23.7. The highest BCUT2D eigenvalue weighted by Gasteiger charge is 2.25. The third kappa shape index (κ3) is 6.24. The van der Waals surface area contributed by atoms with Gasteiger partial charge in [0.15, 0.2) is 5.76 Å². The summed E-state index contributed by atoms with van der Waals surface area (Å²) in [5.74, 6) is 1.59. The molecule has 7 nitrogen and oxygen atoms in total. The van der Waals surface area contributed by atoms with Crippen LogP contribution in [0.5, 0.6) is 0 Å². The number of para-hydroxylation sites is 1. The second kappa shape index (κ2) is 11.7. The average molecular weight is 523 g/mol. The van der Waals surface area contributed by atoms with E-state index in [4.69, 9.17) is 11.2 Å². The summed E-state index contributed by atoms with van der Waals surface area (Å²) in [6, 6.07) is 6.54. The molecule has 2 aliphatic heterocycles. The Bertz CT molecular complexity index is 1220. The fourth-order valence-electron chi connectivity index (χ4n) is 4.75. The molecule has 190 valence electrons. The molecule has 3 heterocycles. The highest BCUT2D eigenvalue weighted by molar-refractivity contribution is 7.39. The number of hydrogen-bond acceptors (Lipinski definition) is 7. The van der Waals surface area contributed by atoms with E-state index in [1.54, 1.807) is 6.33 Å². The van der Waals surface area contributed by atoms with E-state index in [0.717, 1.165) is 68.0 Å². The molecule has 1 aromatic heterocycles. The number of nitrogens with one attached hydrogen (secondary N) is 1. The molecule has 1 fully saturated rings. The summed E-state index contributed by atoms with van der Waals surface area (Å²) in [6.45, 7) is 11.3. The van der Waals surface area contributed by atoms with E-state index in [-0.39, 0.29) is 10.9 Å². The highest BCUT2D eigenvalue weighted by atomic mass is 31.1. The molecule has 0 bridgehead atoms. The fourth-order valence-corrected chi connectivity index (χ4v) is 5.21. The molecule has 4 rings (SSSR count). The van der Waals surface area contributed by atoms with Gasteiger partial charge < -0.3 is 15.0 Å². The topological polar surface area (TPSA) is 65.9 Å². The minimum atomic E-state index is -0.140. The zero-order chi connectivity index (χ0) is 25.7. The first-order valence-corrected chi connectivity index (χ1v) is 13.6. The van der Waals surface area contributed by atoms with Crippen molar-refractivity contribution in [1.82, 2.24) is 19.8 Å². The minimum absolute atomic E-state index is 0.140. The zero-order valence-electron chi connectivity index (χ0n) is 21.4. The SMILES string of the molecule is C#CO/C(=C\CC)C1=NC=C(N2CCN(C[C@H](C)Nc3ncnc4c(C(C)(P)P)cccc34)CC2)C1. The van der Waals surface area contributed by atoms with Crippen LogP contribution in [0.1, 0.15) is 39.2 Å². The van der Waals surface area contributed by atoms with Gasteiger partial charge in [0.05, 0.1) is 11.2 Å². The molecule has 0 spiro atoms. The van der Waals surface area contributed by atoms with E-state index >= 15 is 0 Å².